The first-order chi connectivity index (χ1) is 17.7. The van der Waals surface area contributed by atoms with Gasteiger partial charge in [0, 0.05) is 56.3 Å². The molecule has 1 amide bonds. The molecule has 2 aliphatic rings. The van der Waals surface area contributed by atoms with Crippen LogP contribution in [0.1, 0.15) is 31.2 Å². The summed E-state index contributed by atoms with van der Waals surface area (Å²) in [5.74, 6) is 2.12. The summed E-state index contributed by atoms with van der Waals surface area (Å²) >= 11 is 1.59. The predicted octanol–water partition coefficient (Wildman–Crippen LogP) is 5.45. The quantitative estimate of drug-likeness (QED) is 0.327. The molecule has 0 radical (unpaired) electrons. The summed E-state index contributed by atoms with van der Waals surface area (Å²) < 4.78 is 5.99. The van der Waals surface area contributed by atoms with Crippen LogP contribution < -0.4 is 10.2 Å². The number of nitroso groups, excluding NO2 is 1. The molecular weight excluding hydrogens is 470 g/mol. The fraction of sp³-hybridized carbons (Fsp3) is 0.429. The molecule has 188 valence electrons. The van der Waals surface area contributed by atoms with Gasteiger partial charge in [-0.15, -0.1) is 4.91 Å². The maximum atomic E-state index is 12.5. The van der Waals surface area contributed by atoms with Crippen molar-refractivity contribution in [3.05, 3.63) is 65.1 Å². The van der Waals surface area contributed by atoms with Crippen molar-refractivity contribution in [1.82, 2.24) is 14.6 Å². The third-order valence-electron chi connectivity index (χ3n) is 7.58. The number of carbonyl (C=O) groups excluding carboxylic acids is 1. The Hall–Kier alpha value is -3.10. The number of piperazine rings is 1. The second-order valence-electron chi connectivity index (χ2n) is 9.82. The van der Waals surface area contributed by atoms with Gasteiger partial charge in [-0.05, 0) is 65.7 Å². The summed E-state index contributed by atoms with van der Waals surface area (Å²) in [6.45, 7) is 5.91. The van der Waals surface area contributed by atoms with Crippen molar-refractivity contribution in [2.75, 3.05) is 44.2 Å². The normalized spacial score (nSPS) is 21.2. The lowest BCUT2D eigenvalue weighted by molar-refractivity contribution is -0.116. The van der Waals surface area contributed by atoms with Gasteiger partial charge < -0.3 is 10.2 Å². The number of rotatable bonds is 8. The van der Waals surface area contributed by atoms with Crippen molar-refractivity contribution in [2.45, 2.75) is 25.7 Å². The number of benzene rings is 2. The van der Waals surface area contributed by atoms with Crippen molar-refractivity contribution in [3.63, 3.8) is 0 Å². The van der Waals surface area contributed by atoms with E-state index >= 15 is 0 Å². The third-order valence-corrected chi connectivity index (χ3v) is 8.39. The van der Waals surface area contributed by atoms with E-state index in [2.05, 4.69) is 44.6 Å². The molecule has 2 atom stereocenters. The molecule has 7 nitrogen and oxygen atoms in total. The van der Waals surface area contributed by atoms with Gasteiger partial charge in [0.2, 0.25) is 5.91 Å². The second kappa shape index (κ2) is 11.8. The Bertz CT molecular complexity index is 1220. The van der Waals surface area contributed by atoms with E-state index in [9.17, 15) is 9.70 Å². The van der Waals surface area contributed by atoms with Gasteiger partial charge in [0.15, 0.2) is 0 Å². The van der Waals surface area contributed by atoms with E-state index in [1.54, 1.807) is 35.8 Å². The Morgan fingerprint density at radius 1 is 1.03 bits per heavy atom. The van der Waals surface area contributed by atoms with Crippen LogP contribution in [-0.4, -0.2) is 54.4 Å². The van der Waals surface area contributed by atoms with Crippen LogP contribution in [0.3, 0.4) is 0 Å². The Balaban J connectivity index is 1.12. The topological polar surface area (TPSA) is 77.9 Å². The molecule has 1 saturated carbocycles. The van der Waals surface area contributed by atoms with Crippen LogP contribution in [0.15, 0.2) is 59.8 Å². The summed E-state index contributed by atoms with van der Waals surface area (Å²) in [4.78, 5) is 28.4. The minimum atomic E-state index is -0.121. The van der Waals surface area contributed by atoms with Crippen molar-refractivity contribution in [1.29, 1.82) is 0 Å². The molecule has 2 aromatic carbocycles. The highest BCUT2D eigenvalue weighted by molar-refractivity contribution is 7.13. The predicted molar refractivity (Wildman–Crippen MR) is 148 cm³/mol. The SMILES string of the molecule is O=Nc1ccccc1/C=C/C(=O)NC[C@H]1CCCC[C@@H]1CN1CCN(c2nsc3ccccc23)CC1. The standard InChI is InChI=1S/C28H33N5O2S/c34-27(14-13-21-7-3-5-11-25(21)30-35)29-19-22-8-1-2-9-23(22)20-32-15-17-33(18-16-32)28-24-10-4-6-12-26(24)36-31-28/h3-7,10-14,22-23H,1-2,8-9,15-20H2,(H,29,34)/b14-13+/t22-,23-/m1/s1. The number of nitrogens with one attached hydrogen (secondary N) is 1. The van der Waals surface area contributed by atoms with Gasteiger partial charge in [-0.2, -0.15) is 4.37 Å². The number of hydrogen-bond acceptors (Lipinski definition) is 7. The van der Waals surface area contributed by atoms with Gasteiger partial charge in [-0.1, -0.05) is 43.2 Å². The molecule has 5 rings (SSSR count). The number of hydrogen-bond donors (Lipinski definition) is 1. The molecule has 1 aromatic heterocycles. The molecule has 3 aromatic rings. The van der Waals surface area contributed by atoms with Crippen LogP contribution in [0.4, 0.5) is 11.5 Å². The Labute approximate surface area is 216 Å². The van der Waals surface area contributed by atoms with Gasteiger partial charge in [-0.3, -0.25) is 9.69 Å². The number of nitrogens with zero attached hydrogens (tertiary/aromatic N) is 4. The summed E-state index contributed by atoms with van der Waals surface area (Å²) in [6.07, 6.45) is 8.06. The van der Waals surface area contributed by atoms with E-state index in [0.29, 0.717) is 29.6 Å². The van der Waals surface area contributed by atoms with Crippen molar-refractivity contribution >= 4 is 45.1 Å². The molecule has 1 aliphatic heterocycles. The van der Waals surface area contributed by atoms with Gasteiger partial charge in [-0.25, -0.2) is 0 Å². The molecule has 8 heteroatoms. The molecule has 1 saturated heterocycles. The maximum absolute atomic E-state index is 12.5. The van der Waals surface area contributed by atoms with Crippen LogP contribution in [0.2, 0.25) is 0 Å². The van der Waals surface area contributed by atoms with E-state index in [0.717, 1.165) is 45.0 Å². The van der Waals surface area contributed by atoms with E-state index in [4.69, 9.17) is 4.37 Å². The monoisotopic (exact) mass is 503 g/mol. The maximum Gasteiger partial charge on any atom is 0.244 e. The van der Waals surface area contributed by atoms with E-state index in [1.165, 1.54) is 35.4 Å². The van der Waals surface area contributed by atoms with Crippen molar-refractivity contribution in [3.8, 4) is 0 Å². The minimum absolute atomic E-state index is 0.121. The number of amides is 1. The van der Waals surface area contributed by atoms with Crippen molar-refractivity contribution in [2.24, 2.45) is 17.0 Å². The Morgan fingerprint density at radius 3 is 2.61 bits per heavy atom. The van der Waals surface area contributed by atoms with Crippen LogP contribution in [0.5, 0.6) is 0 Å². The molecule has 0 spiro atoms. The lowest BCUT2D eigenvalue weighted by atomic mass is 9.78. The molecule has 36 heavy (non-hydrogen) atoms. The van der Waals surface area contributed by atoms with Crippen LogP contribution in [0.25, 0.3) is 16.2 Å². The summed E-state index contributed by atoms with van der Waals surface area (Å²) in [5.41, 5.74) is 1.000. The Morgan fingerprint density at radius 2 is 1.78 bits per heavy atom. The zero-order valence-corrected chi connectivity index (χ0v) is 21.3. The third kappa shape index (κ3) is 5.82. The Kier molecular flexibility index (Phi) is 8.03. The minimum Gasteiger partial charge on any atom is -0.353 e. The molecule has 0 unspecified atom stereocenters. The summed E-state index contributed by atoms with van der Waals surface area (Å²) in [5, 5.41) is 7.39. The summed E-state index contributed by atoms with van der Waals surface area (Å²) in [7, 11) is 0. The zero-order chi connectivity index (χ0) is 24.7. The highest BCUT2D eigenvalue weighted by atomic mass is 32.1. The first-order valence-corrected chi connectivity index (χ1v) is 13.7. The van der Waals surface area contributed by atoms with E-state index < -0.39 is 0 Å². The van der Waals surface area contributed by atoms with Gasteiger partial charge in [0.05, 0.1) is 4.70 Å². The van der Waals surface area contributed by atoms with Crippen LogP contribution >= 0.6 is 11.5 Å². The smallest absolute Gasteiger partial charge is 0.244 e. The van der Waals surface area contributed by atoms with Crippen LogP contribution in [0, 0.1) is 16.7 Å². The number of carbonyl (C=O) groups is 1. The lowest BCUT2D eigenvalue weighted by Gasteiger charge is -2.40. The number of fused-ring (bicyclic) bond motifs is 1. The molecular formula is C28H33N5O2S. The van der Waals surface area contributed by atoms with Gasteiger partial charge in [0.25, 0.3) is 0 Å². The number of anilines is 1. The van der Waals surface area contributed by atoms with Crippen molar-refractivity contribution < 1.29 is 4.79 Å². The fourth-order valence-electron chi connectivity index (χ4n) is 5.54. The number of aromatic nitrogens is 1. The second-order valence-corrected chi connectivity index (χ2v) is 10.6. The zero-order valence-electron chi connectivity index (χ0n) is 20.5. The summed E-state index contributed by atoms with van der Waals surface area (Å²) in [6, 6.07) is 15.5. The largest absolute Gasteiger partial charge is 0.353 e. The average molecular weight is 504 g/mol. The molecule has 0 bridgehead atoms. The first-order valence-electron chi connectivity index (χ1n) is 12.9. The van der Waals surface area contributed by atoms with E-state index in [1.807, 2.05) is 6.07 Å². The van der Waals surface area contributed by atoms with Gasteiger partial charge >= 0.3 is 0 Å². The molecule has 2 heterocycles. The highest BCUT2D eigenvalue weighted by Crippen LogP contribution is 2.32. The first kappa shape index (κ1) is 24.6. The van der Waals surface area contributed by atoms with E-state index in [-0.39, 0.29) is 5.91 Å². The molecule has 2 fully saturated rings. The van der Waals surface area contributed by atoms with Crippen LogP contribution in [-0.2, 0) is 4.79 Å². The highest BCUT2D eigenvalue weighted by Gasteiger charge is 2.29. The molecule has 1 aliphatic carbocycles. The molecule has 1 N–H and O–H groups in total. The average Bonchev–Trinajstić information content (AvgIpc) is 3.36. The fourth-order valence-corrected chi connectivity index (χ4v) is 6.33. The van der Waals surface area contributed by atoms with Gasteiger partial charge in [0.1, 0.15) is 11.5 Å². The lowest BCUT2D eigenvalue weighted by Crippen LogP contribution is -2.49.